The Morgan fingerprint density at radius 2 is 1.92 bits per heavy atom. The van der Waals surface area contributed by atoms with Crippen molar-refractivity contribution < 1.29 is 9.53 Å². The SMILES string of the molecule is Cc1ccsc1C(=O)N1CCC2(CC1)CC(N1CCN(C)CC1)CO2. The summed E-state index contributed by atoms with van der Waals surface area (Å²) in [5, 5.41) is 2.01. The van der Waals surface area contributed by atoms with Crippen LogP contribution in [0, 0.1) is 6.92 Å². The van der Waals surface area contributed by atoms with Gasteiger partial charge in [0.15, 0.2) is 0 Å². The van der Waals surface area contributed by atoms with Gasteiger partial charge in [0.05, 0.1) is 17.1 Å². The molecule has 0 saturated carbocycles. The van der Waals surface area contributed by atoms with Crippen molar-refractivity contribution in [1.29, 1.82) is 0 Å². The van der Waals surface area contributed by atoms with E-state index in [1.165, 1.54) is 0 Å². The van der Waals surface area contributed by atoms with Crippen molar-refractivity contribution in [2.45, 2.75) is 37.8 Å². The fourth-order valence-electron chi connectivity index (χ4n) is 4.44. The zero-order chi connectivity index (χ0) is 17.4. The van der Waals surface area contributed by atoms with E-state index in [4.69, 9.17) is 4.74 Å². The Morgan fingerprint density at radius 1 is 1.20 bits per heavy atom. The van der Waals surface area contributed by atoms with Gasteiger partial charge in [0.25, 0.3) is 5.91 Å². The molecule has 3 fully saturated rings. The average Bonchev–Trinajstić information content (AvgIpc) is 3.23. The molecular weight excluding hydrogens is 334 g/mol. The molecule has 3 aliphatic heterocycles. The van der Waals surface area contributed by atoms with Crippen molar-refractivity contribution in [2.24, 2.45) is 0 Å². The molecule has 1 aromatic rings. The highest BCUT2D eigenvalue weighted by Gasteiger charge is 2.45. The van der Waals surface area contributed by atoms with E-state index in [0.717, 1.165) is 75.6 Å². The quantitative estimate of drug-likeness (QED) is 0.806. The van der Waals surface area contributed by atoms with E-state index in [9.17, 15) is 4.79 Å². The molecule has 138 valence electrons. The zero-order valence-corrected chi connectivity index (χ0v) is 16.2. The first kappa shape index (κ1) is 17.5. The number of likely N-dealkylation sites (tertiary alicyclic amines) is 1. The Bertz CT molecular complexity index is 616. The highest BCUT2D eigenvalue weighted by molar-refractivity contribution is 7.12. The molecule has 25 heavy (non-hydrogen) atoms. The van der Waals surface area contributed by atoms with Crippen molar-refractivity contribution in [3.05, 3.63) is 21.9 Å². The van der Waals surface area contributed by atoms with Crippen LogP contribution in [-0.2, 0) is 4.74 Å². The topological polar surface area (TPSA) is 36.0 Å². The van der Waals surface area contributed by atoms with E-state index in [-0.39, 0.29) is 11.5 Å². The number of amides is 1. The first-order valence-corrected chi connectivity index (χ1v) is 10.3. The van der Waals surface area contributed by atoms with Crippen LogP contribution in [0.5, 0.6) is 0 Å². The third-order valence-corrected chi connectivity index (χ3v) is 7.27. The highest BCUT2D eigenvalue weighted by Crippen LogP contribution is 2.38. The average molecular weight is 364 g/mol. The normalized spacial score (nSPS) is 27.9. The van der Waals surface area contributed by atoms with Crippen LogP contribution in [0.25, 0.3) is 0 Å². The van der Waals surface area contributed by atoms with Gasteiger partial charge in [-0.05, 0) is 50.2 Å². The molecule has 0 aliphatic carbocycles. The molecule has 0 N–H and O–H groups in total. The minimum atomic E-state index is 0.00922. The zero-order valence-electron chi connectivity index (χ0n) is 15.4. The molecule has 1 spiro atoms. The van der Waals surface area contributed by atoms with E-state index in [0.29, 0.717) is 6.04 Å². The lowest BCUT2D eigenvalue weighted by atomic mass is 9.87. The van der Waals surface area contributed by atoms with Gasteiger partial charge in [0, 0.05) is 45.3 Å². The highest BCUT2D eigenvalue weighted by atomic mass is 32.1. The molecule has 0 bridgehead atoms. The van der Waals surface area contributed by atoms with E-state index >= 15 is 0 Å². The molecule has 3 saturated heterocycles. The van der Waals surface area contributed by atoms with Crippen molar-refractivity contribution in [1.82, 2.24) is 14.7 Å². The van der Waals surface area contributed by atoms with Gasteiger partial charge in [-0.3, -0.25) is 9.69 Å². The molecule has 0 aromatic carbocycles. The predicted octanol–water partition coefficient (Wildman–Crippen LogP) is 2.07. The smallest absolute Gasteiger partial charge is 0.264 e. The lowest BCUT2D eigenvalue weighted by Crippen LogP contribution is -2.50. The number of nitrogens with zero attached hydrogens (tertiary/aromatic N) is 3. The number of rotatable bonds is 2. The number of piperazine rings is 1. The van der Waals surface area contributed by atoms with Crippen LogP contribution in [0.2, 0.25) is 0 Å². The lowest BCUT2D eigenvalue weighted by Gasteiger charge is -2.40. The third-order valence-electron chi connectivity index (χ3n) is 6.26. The summed E-state index contributed by atoms with van der Waals surface area (Å²) in [7, 11) is 2.20. The summed E-state index contributed by atoms with van der Waals surface area (Å²) in [6.45, 7) is 9.17. The molecule has 1 unspecified atom stereocenters. The molecule has 1 atom stereocenters. The molecule has 3 aliphatic rings. The maximum Gasteiger partial charge on any atom is 0.264 e. The molecular formula is C19H29N3O2S. The number of carbonyl (C=O) groups excluding carboxylic acids is 1. The van der Waals surface area contributed by atoms with E-state index in [1.54, 1.807) is 11.3 Å². The summed E-state index contributed by atoms with van der Waals surface area (Å²) in [6, 6.07) is 2.60. The van der Waals surface area contributed by atoms with Crippen molar-refractivity contribution >= 4 is 17.2 Å². The first-order chi connectivity index (χ1) is 12.1. The summed E-state index contributed by atoms with van der Waals surface area (Å²) in [5.74, 6) is 0.205. The fourth-order valence-corrected chi connectivity index (χ4v) is 5.34. The molecule has 4 rings (SSSR count). The van der Waals surface area contributed by atoms with Gasteiger partial charge < -0.3 is 14.5 Å². The van der Waals surface area contributed by atoms with E-state index < -0.39 is 0 Å². The maximum absolute atomic E-state index is 12.7. The van der Waals surface area contributed by atoms with Gasteiger partial charge in [-0.1, -0.05) is 0 Å². The lowest BCUT2D eigenvalue weighted by molar-refractivity contribution is -0.0394. The fraction of sp³-hybridized carbons (Fsp3) is 0.737. The molecule has 4 heterocycles. The number of thiophene rings is 1. The van der Waals surface area contributed by atoms with E-state index in [1.807, 2.05) is 23.3 Å². The van der Waals surface area contributed by atoms with E-state index in [2.05, 4.69) is 16.8 Å². The second kappa shape index (κ2) is 6.99. The van der Waals surface area contributed by atoms with Crippen LogP contribution in [-0.4, -0.2) is 85.2 Å². The van der Waals surface area contributed by atoms with Crippen LogP contribution in [0.4, 0.5) is 0 Å². The van der Waals surface area contributed by atoms with Crippen LogP contribution in [0.15, 0.2) is 11.4 Å². The standard InChI is InChI=1S/C19H29N3O2S/c1-15-3-12-25-17(15)18(23)22-6-4-19(5-7-22)13-16(14-24-19)21-10-8-20(2)9-11-21/h3,12,16H,4-11,13-14H2,1-2H3. The number of hydrogen-bond donors (Lipinski definition) is 0. The molecule has 1 aromatic heterocycles. The van der Waals surface area contributed by atoms with Crippen molar-refractivity contribution in [3.63, 3.8) is 0 Å². The largest absolute Gasteiger partial charge is 0.373 e. The molecule has 0 radical (unpaired) electrons. The maximum atomic E-state index is 12.7. The van der Waals surface area contributed by atoms with Crippen molar-refractivity contribution in [3.8, 4) is 0 Å². The Balaban J connectivity index is 1.33. The summed E-state index contributed by atoms with van der Waals surface area (Å²) in [6.07, 6.45) is 3.09. The minimum Gasteiger partial charge on any atom is -0.373 e. The summed E-state index contributed by atoms with van der Waals surface area (Å²) >= 11 is 1.56. The predicted molar refractivity (Wildman–Crippen MR) is 100 cm³/mol. The van der Waals surface area contributed by atoms with Crippen LogP contribution in [0.1, 0.15) is 34.5 Å². The summed E-state index contributed by atoms with van der Waals surface area (Å²) in [4.78, 5) is 20.6. The monoisotopic (exact) mass is 363 g/mol. The number of aryl methyl sites for hydroxylation is 1. The molecule has 1 amide bonds. The second-order valence-corrected chi connectivity index (χ2v) is 8.83. The van der Waals surface area contributed by atoms with Gasteiger partial charge >= 0.3 is 0 Å². The number of likely N-dealkylation sites (N-methyl/N-ethyl adjacent to an activating group) is 1. The third kappa shape index (κ3) is 3.50. The van der Waals surface area contributed by atoms with Crippen LogP contribution in [0.3, 0.4) is 0 Å². The molecule has 6 heteroatoms. The van der Waals surface area contributed by atoms with Gasteiger partial charge in [-0.25, -0.2) is 0 Å². The first-order valence-electron chi connectivity index (χ1n) is 9.46. The Labute approximate surface area is 154 Å². The van der Waals surface area contributed by atoms with Crippen LogP contribution >= 0.6 is 11.3 Å². The number of piperidine rings is 1. The summed E-state index contributed by atoms with van der Waals surface area (Å²) in [5.41, 5.74) is 1.11. The van der Waals surface area contributed by atoms with Gasteiger partial charge in [0.1, 0.15) is 0 Å². The Morgan fingerprint density at radius 3 is 2.56 bits per heavy atom. The Kier molecular flexibility index (Phi) is 4.88. The van der Waals surface area contributed by atoms with Crippen molar-refractivity contribution in [2.75, 3.05) is 52.9 Å². The number of carbonyl (C=O) groups is 1. The summed E-state index contributed by atoms with van der Waals surface area (Å²) < 4.78 is 6.33. The van der Waals surface area contributed by atoms with Crippen LogP contribution < -0.4 is 0 Å². The molecule has 5 nitrogen and oxygen atoms in total. The second-order valence-electron chi connectivity index (χ2n) is 7.92. The number of ether oxygens (including phenoxy) is 1. The van der Waals surface area contributed by atoms with Gasteiger partial charge in [-0.2, -0.15) is 0 Å². The van der Waals surface area contributed by atoms with Gasteiger partial charge in [-0.15, -0.1) is 11.3 Å². The Hall–Kier alpha value is -0.950. The van der Waals surface area contributed by atoms with Gasteiger partial charge in [0.2, 0.25) is 0 Å². The number of hydrogen-bond acceptors (Lipinski definition) is 5. The minimum absolute atomic E-state index is 0.00922.